The number of carbonyl (C=O) groups is 2. The van der Waals surface area contributed by atoms with Gasteiger partial charge in [0.2, 0.25) is 0 Å². The SMILES string of the molecule is CCc1ccc(NC(=O)C(C)OC(=O)/C=C/c2ccc(OC)cc2OC)cc1. The number of methoxy groups -OCH3 is 2. The third kappa shape index (κ3) is 5.87. The molecular weight excluding hydrogens is 358 g/mol. The van der Waals surface area contributed by atoms with Gasteiger partial charge in [-0.25, -0.2) is 4.79 Å². The summed E-state index contributed by atoms with van der Waals surface area (Å²) in [5, 5.41) is 2.73. The summed E-state index contributed by atoms with van der Waals surface area (Å²) >= 11 is 0. The van der Waals surface area contributed by atoms with Gasteiger partial charge in [-0.1, -0.05) is 19.1 Å². The van der Waals surface area contributed by atoms with Crippen LogP contribution in [0.4, 0.5) is 5.69 Å². The average molecular weight is 383 g/mol. The summed E-state index contributed by atoms with van der Waals surface area (Å²) in [4.78, 5) is 24.2. The smallest absolute Gasteiger partial charge is 0.331 e. The second-order valence-corrected chi connectivity index (χ2v) is 6.06. The van der Waals surface area contributed by atoms with Crippen molar-refractivity contribution < 1.29 is 23.8 Å². The fourth-order valence-electron chi connectivity index (χ4n) is 2.45. The van der Waals surface area contributed by atoms with E-state index in [4.69, 9.17) is 14.2 Å². The molecule has 0 aliphatic carbocycles. The molecule has 0 spiro atoms. The number of esters is 1. The normalized spacial score (nSPS) is 11.7. The van der Waals surface area contributed by atoms with Crippen molar-refractivity contribution in [3.8, 4) is 11.5 Å². The molecule has 0 aromatic heterocycles. The summed E-state index contributed by atoms with van der Waals surface area (Å²) < 4.78 is 15.6. The third-order valence-electron chi connectivity index (χ3n) is 4.13. The second kappa shape index (κ2) is 10.2. The molecule has 28 heavy (non-hydrogen) atoms. The van der Waals surface area contributed by atoms with Gasteiger partial charge in [-0.2, -0.15) is 0 Å². The van der Waals surface area contributed by atoms with E-state index in [9.17, 15) is 9.59 Å². The van der Waals surface area contributed by atoms with Gasteiger partial charge in [-0.3, -0.25) is 4.79 Å². The quantitative estimate of drug-likeness (QED) is 0.554. The predicted octanol–water partition coefficient (Wildman–Crippen LogP) is 3.85. The summed E-state index contributed by atoms with van der Waals surface area (Å²) in [6.45, 7) is 3.58. The highest BCUT2D eigenvalue weighted by Gasteiger charge is 2.16. The molecule has 0 aliphatic rings. The minimum absolute atomic E-state index is 0.395. The van der Waals surface area contributed by atoms with Gasteiger partial charge in [0.25, 0.3) is 5.91 Å². The van der Waals surface area contributed by atoms with Crippen LogP contribution in [-0.2, 0) is 20.7 Å². The number of benzene rings is 2. The number of amides is 1. The number of hydrogen-bond acceptors (Lipinski definition) is 5. The number of ether oxygens (including phenoxy) is 3. The highest BCUT2D eigenvalue weighted by atomic mass is 16.5. The molecule has 0 saturated heterocycles. The van der Waals surface area contributed by atoms with Crippen LogP contribution in [0.5, 0.6) is 11.5 Å². The van der Waals surface area contributed by atoms with Crippen molar-refractivity contribution in [2.75, 3.05) is 19.5 Å². The first-order valence-corrected chi connectivity index (χ1v) is 8.97. The van der Waals surface area contributed by atoms with Crippen molar-refractivity contribution in [3.05, 3.63) is 59.7 Å². The molecule has 0 bridgehead atoms. The van der Waals surface area contributed by atoms with Crippen molar-refractivity contribution in [1.82, 2.24) is 0 Å². The lowest BCUT2D eigenvalue weighted by molar-refractivity contribution is -0.148. The van der Waals surface area contributed by atoms with Gasteiger partial charge in [0.1, 0.15) is 11.5 Å². The van der Waals surface area contributed by atoms with E-state index >= 15 is 0 Å². The van der Waals surface area contributed by atoms with Crippen molar-refractivity contribution in [2.45, 2.75) is 26.4 Å². The maximum absolute atomic E-state index is 12.2. The first-order valence-electron chi connectivity index (χ1n) is 8.97. The van der Waals surface area contributed by atoms with Crippen LogP contribution in [0.2, 0.25) is 0 Å². The van der Waals surface area contributed by atoms with Gasteiger partial charge >= 0.3 is 5.97 Å². The van der Waals surface area contributed by atoms with Crippen LogP contribution in [0.15, 0.2) is 48.5 Å². The van der Waals surface area contributed by atoms with Crippen LogP contribution in [0.25, 0.3) is 6.08 Å². The Bertz CT molecular complexity index is 843. The van der Waals surface area contributed by atoms with E-state index < -0.39 is 18.0 Å². The molecule has 0 radical (unpaired) electrons. The molecule has 0 aliphatic heterocycles. The zero-order chi connectivity index (χ0) is 20.5. The number of nitrogens with one attached hydrogen (secondary N) is 1. The van der Waals surface area contributed by atoms with Gasteiger partial charge in [0, 0.05) is 23.4 Å². The highest BCUT2D eigenvalue weighted by molar-refractivity contribution is 5.96. The summed E-state index contributed by atoms with van der Waals surface area (Å²) in [5.74, 6) is 0.188. The third-order valence-corrected chi connectivity index (χ3v) is 4.13. The standard InChI is InChI=1S/C22H25NO5/c1-5-16-6-10-18(11-7-16)23-22(25)15(2)28-21(24)13-9-17-8-12-19(26-3)14-20(17)27-4/h6-15H,5H2,1-4H3,(H,23,25)/b13-9+. The van der Waals surface area contributed by atoms with E-state index in [2.05, 4.69) is 12.2 Å². The van der Waals surface area contributed by atoms with Gasteiger partial charge in [0.15, 0.2) is 6.10 Å². The number of hydrogen-bond donors (Lipinski definition) is 1. The summed E-state index contributed by atoms with van der Waals surface area (Å²) in [6, 6.07) is 12.8. The Morgan fingerprint density at radius 1 is 1.07 bits per heavy atom. The number of anilines is 1. The lowest BCUT2D eigenvalue weighted by Crippen LogP contribution is -2.29. The molecule has 1 amide bonds. The lowest BCUT2D eigenvalue weighted by Gasteiger charge is -2.12. The van der Waals surface area contributed by atoms with Crippen LogP contribution < -0.4 is 14.8 Å². The Hall–Kier alpha value is -3.28. The maximum Gasteiger partial charge on any atom is 0.331 e. The predicted molar refractivity (Wildman–Crippen MR) is 109 cm³/mol. The van der Waals surface area contributed by atoms with Crippen LogP contribution in [0.3, 0.4) is 0 Å². The van der Waals surface area contributed by atoms with Crippen molar-refractivity contribution >= 4 is 23.6 Å². The van der Waals surface area contributed by atoms with Gasteiger partial charge < -0.3 is 19.5 Å². The Morgan fingerprint density at radius 2 is 1.79 bits per heavy atom. The van der Waals surface area contributed by atoms with Gasteiger partial charge in [0.05, 0.1) is 14.2 Å². The van der Waals surface area contributed by atoms with E-state index in [-0.39, 0.29) is 0 Å². The molecule has 2 rings (SSSR count). The molecule has 0 fully saturated rings. The molecule has 1 N–H and O–H groups in total. The molecule has 6 heteroatoms. The monoisotopic (exact) mass is 383 g/mol. The van der Waals surface area contributed by atoms with E-state index in [0.29, 0.717) is 22.7 Å². The molecular formula is C22H25NO5. The van der Waals surface area contributed by atoms with Crippen molar-refractivity contribution in [3.63, 3.8) is 0 Å². The molecule has 1 unspecified atom stereocenters. The van der Waals surface area contributed by atoms with E-state index in [0.717, 1.165) is 6.42 Å². The number of aryl methyl sites for hydroxylation is 1. The molecule has 6 nitrogen and oxygen atoms in total. The van der Waals surface area contributed by atoms with Crippen LogP contribution in [-0.4, -0.2) is 32.2 Å². The summed E-state index contributed by atoms with van der Waals surface area (Å²) in [5.41, 5.74) is 2.52. The van der Waals surface area contributed by atoms with Gasteiger partial charge in [-0.05, 0) is 49.2 Å². The number of carbonyl (C=O) groups excluding carboxylic acids is 2. The summed E-state index contributed by atoms with van der Waals surface area (Å²) in [7, 11) is 3.09. The van der Waals surface area contributed by atoms with Crippen molar-refractivity contribution in [1.29, 1.82) is 0 Å². The maximum atomic E-state index is 12.2. The molecule has 0 saturated carbocycles. The molecule has 1 atom stereocenters. The Labute approximate surface area is 165 Å². The van der Waals surface area contributed by atoms with Crippen LogP contribution in [0, 0.1) is 0 Å². The van der Waals surface area contributed by atoms with Crippen molar-refractivity contribution in [2.24, 2.45) is 0 Å². The molecule has 0 heterocycles. The zero-order valence-corrected chi connectivity index (χ0v) is 16.5. The first kappa shape index (κ1) is 21.0. The largest absolute Gasteiger partial charge is 0.497 e. The molecule has 148 valence electrons. The first-order chi connectivity index (χ1) is 13.5. The minimum atomic E-state index is -0.930. The fourth-order valence-corrected chi connectivity index (χ4v) is 2.45. The van der Waals surface area contributed by atoms with Crippen LogP contribution in [0.1, 0.15) is 25.0 Å². The second-order valence-electron chi connectivity index (χ2n) is 6.06. The zero-order valence-electron chi connectivity index (χ0n) is 16.5. The van der Waals surface area contributed by atoms with Gasteiger partial charge in [-0.15, -0.1) is 0 Å². The number of rotatable bonds is 8. The summed E-state index contributed by atoms with van der Waals surface area (Å²) in [6.07, 6.45) is 2.81. The van der Waals surface area contributed by atoms with E-state index in [1.165, 1.54) is 25.7 Å². The average Bonchev–Trinajstić information content (AvgIpc) is 2.72. The Balaban J connectivity index is 1.94. The Morgan fingerprint density at radius 3 is 2.39 bits per heavy atom. The fraction of sp³-hybridized carbons (Fsp3) is 0.273. The lowest BCUT2D eigenvalue weighted by atomic mass is 10.1. The molecule has 2 aromatic carbocycles. The van der Waals surface area contributed by atoms with E-state index in [1.54, 1.807) is 31.4 Å². The molecule has 2 aromatic rings. The Kier molecular flexibility index (Phi) is 7.63. The van der Waals surface area contributed by atoms with Crippen LogP contribution >= 0.6 is 0 Å². The van der Waals surface area contributed by atoms with E-state index in [1.807, 2.05) is 24.3 Å². The minimum Gasteiger partial charge on any atom is -0.497 e. The highest BCUT2D eigenvalue weighted by Crippen LogP contribution is 2.25. The topological polar surface area (TPSA) is 73.9 Å².